The van der Waals surface area contributed by atoms with Crippen LogP contribution in [0.25, 0.3) is 10.8 Å². The van der Waals surface area contributed by atoms with Gasteiger partial charge in [0, 0.05) is 43.3 Å². The van der Waals surface area contributed by atoms with Crippen LogP contribution in [0.3, 0.4) is 0 Å². The Hall–Kier alpha value is -4.37. The topological polar surface area (TPSA) is 56.6 Å². The molecule has 0 spiro atoms. The van der Waals surface area contributed by atoms with E-state index in [1.807, 2.05) is 72.8 Å². The van der Waals surface area contributed by atoms with Crippen molar-refractivity contribution < 1.29 is 13.9 Å². The molecule has 6 heteroatoms. The van der Waals surface area contributed by atoms with Gasteiger partial charge >= 0.3 is 0 Å². The average molecular weight is 508 g/mol. The third kappa shape index (κ3) is 4.56. The van der Waals surface area contributed by atoms with Gasteiger partial charge in [0.2, 0.25) is 5.91 Å². The summed E-state index contributed by atoms with van der Waals surface area (Å²) in [7, 11) is 1.61. The van der Waals surface area contributed by atoms with Crippen molar-refractivity contribution in [2.45, 2.75) is 12.8 Å². The van der Waals surface area contributed by atoms with Crippen LogP contribution < -0.4 is 9.64 Å². The fraction of sp³-hybridized carbons (Fsp3) is 0.250. The lowest BCUT2D eigenvalue weighted by Crippen LogP contribution is -2.53. The van der Waals surface area contributed by atoms with E-state index in [1.54, 1.807) is 25.0 Å². The van der Waals surface area contributed by atoms with E-state index in [-0.39, 0.29) is 11.7 Å². The summed E-state index contributed by atoms with van der Waals surface area (Å²) >= 11 is 0. The molecule has 0 saturated carbocycles. The molecule has 1 saturated heterocycles. The molecule has 0 aliphatic carbocycles. The van der Waals surface area contributed by atoms with E-state index in [4.69, 9.17) is 4.74 Å². The first-order chi connectivity index (χ1) is 18.5. The highest BCUT2D eigenvalue weighted by molar-refractivity contribution is 5.91. The fourth-order valence-corrected chi connectivity index (χ4v) is 5.60. The Balaban J connectivity index is 1.54. The Kier molecular flexibility index (Phi) is 7.02. The van der Waals surface area contributed by atoms with Gasteiger partial charge in [-0.3, -0.25) is 4.79 Å². The number of hydrogen-bond donors (Lipinski definition) is 0. The summed E-state index contributed by atoms with van der Waals surface area (Å²) in [6.07, 6.45) is 0. The van der Waals surface area contributed by atoms with Crippen molar-refractivity contribution in [2.75, 3.05) is 38.2 Å². The van der Waals surface area contributed by atoms with Crippen molar-refractivity contribution in [3.8, 4) is 11.8 Å². The molecule has 2 unspecified atom stereocenters. The second kappa shape index (κ2) is 10.5. The quantitative estimate of drug-likeness (QED) is 0.321. The number of amides is 1. The Bertz CT molecular complexity index is 1500. The van der Waals surface area contributed by atoms with Gasteiger partial charge in [-0.2, -0.15) is 5.26 Å². The van der Waals surface area contributed by atoms with Crippen LogP contribution in [0, 0.1) is 22.6 Å². The maximum atomic E-state index is 14.3. The lowest BCUT2D eigenvalue weighted by atomic mass is 9.68. The highest BCUT2D eigenvalue weighted by Gasteiger charge is 2.47. The number of methoxy groups -OCH3 is 1. The van der Waals surface area contributed by atoms with Gasteiger partial charge in [-0.05, 0) is 47.5 Å². The van der Waals surface area contributed by atoms with Crippen LogP contribution in [-0.2, 0) is 4.79 Å². The van der Waals surface area contributed by atoms with Gasteiger partial charge in [0.05, 0.1) is 13.2 Å². The van der Waals surface area contributed by atoms with Crippen molar-refractivity contribution >= 4 is 22.4 Å². The lowest BCUT2D eigenvalue weighted by molar-refractivity contribution is -0.139. The van der Waals surface area contributed by atoms with Crippen LogP contribution in [0.2, 0.25) is 0 Å². The van der Waals surface area contributed by atoms with E-state index in [0.29, 0.717) is 31.9 Å². The smallest absolute Gasteiger partial charge is 0.243 e. The minimum Gasteiger partial charge on any atom is -0.496 e. The van der Waals surface area contributed by atoms with Crippen molar-refractivity contribution in [3.05, 3.63) is 108 Å². The summed E-state index contributed by atoms with van der Waals surface area (Å²) in [5.74, 6) is -0.435. The van der Waals surface area contributed by atoms with Crippen molar-refractivity contribution in [2.24, 2.45) is 5.41 Å². The molecule has 2 atom stereocenters. The van der Waals surface area contributed by atoms with Gasteiger partial charge in [0.25, 0.3) is 0 Å². The summed E-state index contributed by atoms with van der Waals surface area (Å²) in [5.41, 5.74) is 1.09. The number of para-hydroxylation sites is 1. The number of hydrogen-bond acceptors (Lipinski definition) is 4. The molecule has 1 aliphatic rings. The molecule has 0 bridgehead atoms. The van der Waals surface area contributed by atoms with Crippen LogP contribution in [0.1, 0.15) is 24.0 Å². The number of nitrogens with zero attached hydrogens (tertiary/aromatic N) is 3. The summed E-state index contributed by atoms with van der Waals surface area (Å²) in [4.78, 5) is 18.1. The number of anilines is 1. The molecule has 0 N–H and O–H groups in total. The zero-order valence-corrected chi connectivity index (χ0v) is 21.6. The molecule has 5 nitrogen and oxygen atoms in total. The number of fused-ring (bicyclic) bond motifs is 1. The molecule has 192 valence electrons. The number of carbonyl (C=O) groups is 1. The van der Waals surface area contributed by atoms with Crippen molar-refractivity contribution in [1.29, 1.82) is 5.26 Å². The number of ether oxygens (including phenoxy) is 1. The molecule has 1 fully saturated rings. The van der Waals surface area contributed by atoms with Crippen LogP contribution >= 0.6 is 0 Å². The first kappa shape index (κ1) is 25.3. The monoisotopic (exact) mass is 507 g/mol. The maximum absolute atomic E-state index is 14.3. The van der Waals surface area contributed by atoms with E-state index in [0.717, 1.165) is 27.6 Å². The zero-order valence-electron chi connectivity index (χ0n) is 21.6. The summed E-state index contributed by atoms with van der Waals surface area (Å²) < 4.78 is 19.5. The van der Waals surface area contributed by atoms with E-state index < -0.39 is 11.3 Å². The number of halogens is 1. The Morgan fingerprint density at radius 3 is 2.32 bits per heavy atom. The molecule has 0 radical (unpaired) electrons. The number of carbonyl (C=O) groups excluding carboxylic acids is 1. The molecule has 5 rings (SSSR count). The highest BCUT2D eigenvalue weighted by atomic mass is 19.1. The van der Waals surface area contributed by atoms with Gasteiger partial charge < -0.3 is 14.5 Å². The highest BCUT2D eigenvalue weighted by Crippen LogP contribution is 2.47. The first-order valence-corrected chi connectivity index (χ1v) is 12.8. The Morgan fingerprint density at radius 2 is 1.58 bits per heavy atom. The summed E-state index contributed by atoms with van der Waals surface area (Å²) in [6.45, 7) is 3.75. The molecule has 38 heavy (non-hydrogen) atoms. The minimum absolute atomic E-state index is 0.220. The Labute approximate surface area is 222 Å². The van der Waals surface area contributed by atoms with Crippen LogP contribution in [-0.4, -0.2) is 44.1 Å². The van der Waals surface area contributed by atoms with Gasteiger partial charge in [-0.1, -0.05) is 66.7 Å². The van der Waals surface area contributed by atoms with Crippen LogP contribution in [0.15, 0.2) is 91.0 Å². The third-order valence-corrected chi connectivity index (χ3v) is 7.58. The van der Waals surface area contributed by atoms with E-state index in [1.165, 1.54) is 12.1 Å². The molecular formula is C32H30FN3O2. The second-order valence-electron chi connectivity index (χ2n) is 9.82. The molecule has 4 aromatic carbocycles. The predicted molar refractivity (Wildman–Crippen MR) is 148 cm³/mol. The van der Waals surface area contributed by atoms with Gasteiger partial charge in [0.15, 0.2) is 0 Å². The van der Waals surface area contributed by atoms with Gasteiger partial charge in [-0.25, -0.2) is 4.39 Å². The summed E-state index contributed by atoms with van der Waals surface area (Å²) in [6, 6.07) is 30.6. The van der Waals surface area contributed by atoms with E-state index in [2.05, 4.69) is 11.0 Å². The average Bonchev–Trinajstić information content (AvgIpc) is 2.97. The number of nitriles is 1. The minimum atomic E-state index is -1.40. The number of piperazine rings is 1. The second-order valence-corrected chi connectivity index (χ2v) is 9.82. The molecular weight excluding hydrogens is 477 g/mol. The standard InChI is InChI=1S/C32H30FN3O2/c1-32(22-34,31(37)36-19-17-35(18-20-36)25-12-8-11-24(33)21-25)30(28-14-5-6-16-29(28)38-2)27-15-7-10-23-9-3-4-13-26(23)27/h3-16,21,30H,17-20H2,1-2H3. The van der Waals surface area contributed by atoms with Crippen molar-refractivity contribution in [3.63, 3.8) is 0 Å². The fourth-order valence-electron chi connectivity index (χ4n) is 5.60. The van der Waals surface area contributed by atoms with Crippen molar-refractivity contribution in [1.82, 2.24) is 4.90 Å². The number of benzene rings is 4. The number of rotatable bonds is 6. The molecule has 1 amide bonds. The normalized spacial score (nSPS) is 15.9. The van der Waals surface area contributed by atoms with Gasteiger partial charge in [-0.15, -0.1) is 0 Å². The molecule has 0 aromatic heterocycles. The first-order valence-electron chi connectivity index (χ1n) is 12.8. The van der Waals surface area contributed by atoms with E-state index in [9.17, 15) is 14.4 Å². The molecule has 1 aliphatic heterocycles. The SMILES string of the molecule is COc1ccccc1C(c1cccc2ccccc12)C(C)(C#N)C(=O)N1CCN(c2cccc(F)c2)CC1. The van der Waals surface area contributed by atoms with Gasteiger partial charge in [0.1, 0.15) is 17.0 Å². The molecule has 4 aromatic rings. The predicted octanol–water partition coefficient (Wildman–Crippen LogP) is 6.00. The zero-order chi connectivity index (χ0) is 26.7. The molecule has 1 heterocycles. The largest absolute Gasteiger partial charge is 0.496 e. The van der Waals surface area contributed by atoms with Crippen LogP contribution in [0.5, 0.6) is 5.75 Å². The maximum Gasteiger partial charge on any atom is 0.243 e. The Morgan fingerprint density at radius 1 is 0.921 bits per heavy atom. The lowest BCUT2D eigenvalue weighted by Gasteiger charge is -2.41. The van der Waals surface area contributed by atoms with E-state index >= 15 is 0 Å². The van der Waals surface area contributed by atoms with Crippen LogP contribution in [0.4, 0.5) is 10.1 Å². The summed E-state index contributed by atoms with van der Waals surface area (Å²) in [5, 5.41) is 12.7. The third-order valence-electron chi connectivity index (χ3n) is 7.58.